The fourth-order valence-electron chi connectivity index (χ4n) is 3.85. The lowest BCUT2D eigenvalue weighted by Crippen LogP contribution is -2.54. The third-order valence-electron chi connectivity index (χ3n) is 5.65. The van der Waals surface area contributed by atoms with E-state index in [-0.39, 0.29) is 30.4 Å². The molecule has 7 nitrogen and oxygen atoms in total. The first kappa shape index (κ1) is 19.9. The molecular formula is C23H26N4O3. The number of amides is 5. The third kappa shape index (κ3) is 4.45. The van der Waals surface area contributed by atoms with Crippen molar-refractivity contribution in [1.29, 1.82) is 0 Å². The van der Waals surface area contributed by atoms with Crippen LogP contribution in [0.1, 0.15) is 22.3 Å². The number of carbonyl (C=O) groups is 3. The van der Waals surface area contributed by atoms with Crippen molar-refractivity contribution in [3.8, 4) is 0 Å². The van der Waals surface area contributed by atoms with Gasteiger partial charge < -0.3 is 15.5 Å². The van der Waals surface area contributed by atoms with Crippen molar-refractivity contribution < 1.29 is 14.4 Å². The van der Waals surface area contributed by atoms with E-state index in [0.717, 1.165) is 16.7 Å². The van der Waals surface area contributed by atoms with Crippen LogP contribution >= 0.6 is 0 Å². The molecule has 0 saturated carbocycles. The van der Waals surface area contributed by atoms with Gasteiger partial charge in [0.15, 0.2) is 0 Å². The van der Waals surface area contributed by atoms with Crippen LogP contribution < -0.4 is 10.6 Å². The van der Waals surface area contributed by atoms with Crippen LogP contribution in [-0.4, -0.2) is 47.4 Å². The summed E-state index contributed by atoms with van der Waals surface area (Å²) in [5.41, 5.74) is 4.16. The Balaban J connectivity index is 1.39. The van der Waals surface area contributed by atoms with E-state index >= 15 is 0 Å². The number of nitrogens with zero attached hydrogens (tertiary/aromatic N) is 2. The zero-order chi connectivity index (χ0) is 21.1. The molecule has 0 aliphatic carbocycles. The van der Waals surface area contributed by atoms with Gasteiger partial charge in [-0.2, -0.15) is 0 Å². The van der Waals surface area contributed by atoms with E-state index in [1.807, 2.05) is 55.5 Å². The topological polar surface area (TPSA) is 81.8 Å². The van der Waals surface area contributed by atoms with Crippen molar-refractivity contribution in [1.82, 2.24) is 20.4 Å². The minimum Gasteiger partial charge on any atom is -0.337 e. The van der Waals surface area contributed by atoms with Crippen LogP contribution in [0.3, 0.4) is 0 Å². The van der Waals surface area contributed by atoms with E-state index in [1.165, 1.54) is 10.5 Å². The summed E-state index contributed by atoms with van der Waals surface area (Å²) in [5.74, 6) is -0.407. The Bertz CT molecular complexity index is 940. The monoisotopic (exact) mass is 406 g/mol. The average molecular weight is 406 g/mol. The summed E-state index contributed by atoms with van der Waals surface area (Å²) in [6.07, 6.45) is 0.604. The first-order chi connectivity index (χ1) is 14.5. The molecule has 1 atom stereocenters. The maximum atomic E-state index is 13.0. The zero-order valence-corrected chi connectivity index (χ0v) is 17.1. The lowest BCUT2D eigenvalue weighted by atomic mass is 9.95. The van der Waals surface area contributed by atoms with Gasteiger partial charge in [0.1, 0.15) is 0 Å². The molecule has 2 aliphatic heterocycles. The molecule has 0 spiro atoms. The van der Waals surface area contributed by atoms with Gasteiger partial charge in [-0.3, -0.25) is 9.69 Å². The Morgan fingerprint density at radius 2 is 1.47 bits per heavy atom. The quantitative estimate of drug-likeness (QED) is 0.773. The maximum Gasteiger partial charge on any atom is 0.324 e. The fourth-order valence-corrected chi connectivity index (χ4v) is 3.85. The predicted octanol–water partition coefficient (Wildman–Crippen LogP) is 2.43. The summed E-state index contributed by atoms with van der Waals surface area (Å²) in [6, 6.07) is 15.4. The molecule has 7 heteroatoms. The Kier molecular flexibility index (Phi) is 5.70. The molecule has 0 aromatic heterocycles. The Labute approximate surface area is 176 Å². The smallest absolute Gasteiger partial charge is 0.324 e. The van der Waals surface area contributed by atoms with Crippen molar-refractivity contribution in [2.45, 2.75) is 26.4 Å². The summed E-state index contributed by atoms with van der Waals surface area (Å²) in [7, 11) is 0. The van der Waals surface area contributed by atoms with E-state index in [4.69, 9.17) is 0 Å². The maximum absolute atomic E-state index is 13.0. The van der Waals surface area contributed by atoms with Crippen LogP contribution in [0, 0.1) is 12.8 Å². The van der Waals surface area contributed by atoms with Gasteiger partial charge in [-0.25, -0.2) is 9.59 Å². The van der Waals surface area contributed by atoms with Crippen LogP contribution in [0.5, 0.6) is 0 Å². The zero-order valence-electron chi connectivity index (χ0n) is 17.1. The highest BCUT2D eigenvalue weighted by atomic mass is 16.2. The summed E-state index contributed by atoms with van der Waals surface area (Å²) < 4.78 is 0. The molecule has 2 fully saturated rings. The molecule has 2 aromatic carbocycles. The van der Waals surface area contributed by atoms with E-state index in [1.54, 1.807) is 4.90 Å². The molecule has 2 aliphatic rings. The second-order valence-electron chi connectivity index (χ2n) is 7.97. The fraction of sp³-hybridized carbons (Fsp3) is 0.348. The molecule has 2 heterocycles. The third-order valence-corrected chi connectivity index (χ3v) is 5.65. The summed E-state index contributed by atoms with van der Waals surface area (Å²) in [6.45, 7) is 4.55. The van der Waals surface area contributed by atoms with Gasteiger partial charge in [0.25, 0.3) is 0 Å². The predicted molar refractivity (Wildman–Crippen MR) is 113 cm³/mol. The van der Waals surface area contributed by atoms with E-state index < -0.39 is 0 Å². The molecule has 156 valence electrons. The van der Waals surface area contributed by atoms with Gasteiger partial charge in [0, 0.05) is 26.2 Å². The minimum atomic E-state index is -0.349. The Hall–Kier alpha value is -3.35. The minimum absolute atomic E-state index is 0.0470. The number of hydrogen-bond acceptors (Lipinski definition) is 3. The molecule has 0 bridgehead atoms. The highest BCUT2D eigenvalue weighted by Gasteiger charge is 2.34. The second kappa shape index (κ2) is 8.57. The lowest BCUT2D eigenvalue weighted by molar-refractivity contribution is -0.134. The molecule has 4 rings (SSSR count). The second-order valence-corrected chi connectivity index (χ2v) is 7.97. The largest absolute Gasteiger partial charge is 0.337 e. The molecule has 2 N–H and O–H groups in total. The summed E-state index contributed by atoms with van der Waals surface area (Å²) in [5, 5.41) is 5.63. The molecule has 2 saturated heterocycles. The van der Waals surface area contributed by atoms with Crippen LogP contribution in [0.4, 0.5) is 9.59 Å². The Morgan fingerprint density at radius 3 is 2.10 bits per heavy atom. The van der Waals surface area contributed by atoms with Crippen LogP contribution in [0.25, 0.3) is 0 Å². The number of aryl methyl sites for hydroxylation is 1. The van der Waals surface area contributed by atoms with Gasteiger partial charge >= 0.3 is 12.1 Å². The number of nitrogens with one attached hydrogen (secondary N) is 2. The molecule has 0 radical (unpaired) electrons. The van der Waals surface area contributed by atoms with Crippen molar-refractivity contribution in [2.24, 2.45) is 5.92 Å². The first-order valence-corrected chi connectivity index (χ1v) is 10.2. The van der Waals surface area contributed by atoms with Crippen molar-refractivity contribution in [2.75, 3.05) is 19.6 Å². The van der Waals surface area contributed by atoms with Gasteiger partial charge in [0.05, 0.1) is 12.5 Å². The number of imide groups is 1. The molecular weight excluding hydrogens is 380 g/mol. The van der Waals surface area contributed by atoms with Crippen LogP contribution in [0.2, 0.25) is 0 Å². The standard InChI is InChI=1S/C23H26N4O3/c1-16-2-4-17(5-3-16)12-20-13-25-23(30)27(21(20)28)15-19-8-6-18(7-9-19)14-26-11-10-24-22(26)29/h2-9,20H,10-15H2,1H3,(H,24,29)(H,25,30). The molecule has 5 amide bonds. The van der Waals surface area contributed by atoms with Gasteiger partial charge in [-0.05, 0) is 30.0 Å². The van der Waals surface area contributed by atoms with E-state index in [9.17, 15) is 14.4 Å². The van der Waals surface area contributed by atoms with Crippen LogP contribution in [0.15, 0.2) is 48.5 Å². The van der Waals surface area contributed by atoms with E-state index in [0.29, 0.717) is 32.6 Å². The number of rotatable bonds is 6. The van der Waals surface area contributed by atoms with Crippen molar-refractivity contribution >= 4 is 18.0 Å². The van der Waals surface area contributed by atoms with Crippen LogP contribution in [-0.2, 0) is 24.3 Å². The number of benzene rings is 2. The number of hydrogen-bond donors (Lipinski definition) is 2. The first-order valence-electron chi connectivity index (χ1n) is 10.2. The van der Waals surface area contributed by atoms with Gasteiger partial charge in [-0.1, -0.05) is 54.1 Å². The van der Waals surface area contributed by atoms with E-state index in [2.05, 4.69) is 10.6 Å². The Morgan fingerprint density at radius 1 is 0.833 bits per heavy atom. The SMILES string of the molecule is Cc1ccc(CC2CNC(=O)N(Cc3ccc(CN4CCNC4=O)cc3)C2=O)cc1. The number of carbonyl (C=O) groups excluding carboxylic acids is 3. The molecule has 30 heavy (non-hydrogen) atoms. The summed E-state index contributed by atoms with van der Waals surface area (Å²) in [4.78, 5) is 40.0. The van der Waals surface area contributed by atoms with Gasteiger partial charge in [0.2, 0.25) is 5.91 Å². The summed E-state index contributed by atoms with van der Waals surface area (Å²) >= 11 is 0. The molecule has 2 aromatic rings. The highest BCUT2D eigenvalue weighted by Crippen LogP contribution is 2.19. The normalized spacial score (nSPS) is 19.1. The van der Waals surface area contributed by atoms with Gasteiger partial charge in [-0.15, -0.1) is 0 Å². The van der Waals surface area contributed by atoms with Crippen molar-refractivity contribution in [3.63, 3.8) is 0 Å². The highest BCUT2D eigenvalue weighted by molar-refractivity contribution is 5.98. The van der Waals surface area contributed by atoms with Crippen molar-refractivity contribution in [3.05, 3.63) is 70.8 Å². The average Bonchev–Trinajstić information content (AvgIpc) is 3.14. The lowest BCUT2D eigenvalue weighted by Gasteiger charge is -2.31. The molecule has 1 unspecified atom stereocenters. The number of urea groups is 2.